The number of hydrogen-bond donors (Lipinski definition) is 0. The van der Waals surface area contributed by atoms with E-state index in [4.69, 9.17) is 9.47 Å². The lowest BCUT2D eigenvalue weighted by atomic mass is 10.3. The predicted molar refractivity (Wildman–Crippen MR) is 114 cm³/mol. The Morgan fingerprint density at radius 3 is 1.40 bits per heavy atom. The van der Waals surface area contributed by atoms with Crippen LogP contribution in [-0.2, 0) is 9.59 Å². The lowest BCUT2D eigenvalue weighted by Crippen LogP contribution is -2.47. The number of hydrogen-bond acceptors (Lipinski definition) is 8. The van der Waals surface area contributed by atoms with E-state index in [2.05, 4.69) is 32.9 Å². The molecule has 3 rings (SSSR count). The first-order chi connectivity index (χ1) is 14.3. The second-order valence-corrected chi connectivity index (χ2v) is 7.02. The zero-order valence-corrected chi connectivity index (χ0v) is 17.1. The third kappa shape index (κ3) is 5.22. The van der Waals surface area contributed by atoms with Gasteiger partial charge in [-0.15, -0.1) is 0 Å². The first-order valence-corrected chi connectivity index (χ1v) is 9.51. The maximum Gasteiger partial charge on any atom is 0.338 e. The van der Waals surface area contributed by atoms with Gasteiger partial charge in [0.1, 0.15) is 23.1 Å². The van der Waals surface area contributed by atoms with Crippen LogP contribution in [-0.4, -0.2) is 48.1 Å². The van der Waals surface area contributed by atoms with E-state index in [0.29, 0.717) is 22.6 Å². The summed E-state index contributed by atoms with van der Waals surface area (Å²) in [5.41, 5.74) is 0.677. The third-order valence-electron chi connectivity index (χ3n) is 4.49. The number of carbonyl (C=O) groups is 2. The molecule has 156 valence electrons. The first kappa shape index (κ1) is 21.0. The van der Waals surface area contributed by atoms with Gasteiger partial charge in [-0.05, 0) is 38.1 Å². The Bertz CT molecular complexity index is 867. The molecule has 2 aromatic heterocycles. The highest BCUT2D eigenvalue weighted by molar-refractivity contribution is 5.89. The second-order valence-electron chi connectivity index (χ2n) is 7.02. The summed E-state index contributed by atoms with van der Waals surface area (Å²) in [6.45, 7) is 13.4. The van der Waals surface area contributed by atoms with Crippen LogP contribution in [0.1, 0.15) is 13.8 Å². The highest BCUT2D eigenvalue weighted by atomic mass is 16.5. The lowest BCUT2D eigenvalue weighted by Gasteiger charge is -2.36. The molecule has 0 amide bonds. The molecule has 30 heavy (non-hydrogen) atoms. The summed E-state index contributed by atoms with van der Waals surface area (Å²) in [4.78, 5) is 36.3. The standard InChI is InChI=1S/C22H24N4O4/c1-15(2)21(27)29-17-5-7-19(23-13-17)25-9-11-26(12-10-25)20-8-6-18(14-24-20)30-22(28)16(3)4/h5-8,13-14H,1,3,9-12H2,2,4H3. The number of pyridine rings is 2. The number of ether oxygens (including phenoxy) is 2. The van der Waals surface area contributed by atoms with Crippen LogP contribution in [0.2, 0.25) is 0 Å². The summed E-state index contributed by atoms with van der Waals surface area (Å²) in [5, 5.41) is 0. The van der Waals surface area contributed by atoms with E-state index in [9.17, 15) is 9.59 Å². The highest BCUT2D eigenvalue weighted by Gasteiger charge is 2.19. The maximum atomic E-state index is 11.6. The molecule has 1 saturated heterocycles. The van der Waals surface area contributed by atoms with Gasteiger partial charge in [-0.1, -0.05) is 13.2 Å². The summed E-state index contributed by atoms with van der Waals surface area (Å²) in [5.74, 6) is 1.49. The number of aromatic nitrogens is 2. The molecular weight excluding hydrogens is 384 g/mol. The summed E-state index contributed by atoms with van der Waals surface area (Å²) in [6, 6.07) is 7.11. The van der Waals surface area contributed by atoms with Crippen LogP contribution in [0.3, 0.4) is 0 Å². The fourth-order valence-corrected chi connectivity index (χ4v) is 2.79. The number of piperazine rings is 1. The van der Waals surface area contributed by atoms with E-state index in [0.717, 1.165) is 37.8 Å². The van der Waals surface area contributed by atoms with E-state index in [-0.39, 0.29) is 0 Å². The average molecular weight is 408 g/mol. The van der Waals surface area contributed by atoms with E-state index in [1.54, 1.807) is 26.0 Å². The van der Waals surface area contributed by atoms with Crippen LogP contribution < -0.4 is 19.3 Å². The van der Waals surface area contributed by atoms with Gasteiger partial charge in [-0.25, -0.2) is 19.6 Å². The molecule has 8 nitrogen and oxygen atoms in total. The molecule has 0 N–H and O–H groups in total. The van der Waals surface area contributed by atoms with Crippen LogP contribution in [0.15, 0.2) is 61.0 Å². The molecule has 1 fully saturated rings. The Kier molecular flexibility index (Phi) is 6.46. The van der Waals surface area contributed by atoms with E-state index >= 15 is 0 Å². The van der Waals surface area contributed by atoms with Gasteiger partial charge in [0.25, 0.3) is 0 Å². The van der Waals surface area contributed by atoms with E-state index in [1.807, 2.05) is 12.1 Å². The minimum absolute atomic E-state index is 0.339. The van der Waals surface area contributed by atoms with Crippen LogP contribution in [0.5, 0.6) is 11.5 Å². The lowest BCUT2D eigenvalue weighted by molar-refractivity contribution is -0.131. The van der Waals surface area contributed by atoms with Crippen molar-refractivity contribution in [1.82, 2.24) is 9.97 Å². The highest BCUT2D eigenvalue weighted by Crippen LogP contribution is 2.21. The Labute approximate surface area is 175 Å². The zero-order chi connectivity index (χ0) is 21.7. The monoisotopic (exact) mass is 408 g/mol. The van der Waals surface area contributed by atoms with Gasteiger partial charge in [0.15, 0.2) is 0 Å². The Morgan fingerprint density at radius 1 is 0.767 bits per heavy atom. The fourth-order valence-electron chi connectivity index (χ4n) is 2.79. The number of nitrogens with zero attached hydrogens (tertiary/aromatic N) is 4. The molecule has 0 spiro atoms. The van der Waals surface area contributed by atoms with Gasteiger partial charge in [-0.3, -0.25) is 0 Å². The maximum absolute atomic E-state index is 11.6. The van der Waals surface area contributed by atoms with Crippen molar-refractivity contribution in [3.63, 3.8) is 0 Å². The molecule has 2 aromatic rings. The molecule has 3 heterocycles. The molecule has 0 aromatic carbocycles. The molecule has 1 aliphatic heterocycles. The van der Waals surface area contributed by atoms with Gasteiger partial charge in [0.05, 0.1) is 12.4 Å². The van der Waals surface area contributed by atoms with Crippen LogP contribution in [0.4, 0.5) is 11.6 Å². The topological polar surface area (TPSA) is 84.9 Å². The largest absolute Gasteiger partial charge is 0.422 e. The number of anilines is 2. The zero-order valence-electron chi connectivity index (χ0n) is 17.1. The molecular formula is C22H24N4O4. The Hall–Kier alpha value is -3.68. The van der Waals surface area contributed by atoms with Gasteiger partial charge < -0.3 is 19.3 Å². The van der Waals surface area contributed by atoms with Gasteiger partial charge >= 0.3 is 11.9 Å². The normalized spacial score (nSPS) is 13.5. The molecule has 0 bridgehead atoms. The van der Waals surface area contributed by atoms with Crippen LogP contribution >= 0.6 is 0 Å². The summed E-state index contributed by atoms with van der Waals surface area (Å²) < 4.78 is 10.3. The average Bonchev–Trinajstić information content (AvgIpc) is 2.75. The van der Waals surface area contributed by atoms with Crippen molar-refractivity contribution < 1.29 is 19.1 Å². The SMILES string of the molecule is C=C(C)C(=O)Oc1ccc(N2CCN(c3ccc(OC(=O)C(=C)C)cn3)CC2)nc1. The number of rotatable bonds is 6. The van der Waals surface area contributed by atoms with Gasteiger partial charge in [0.2, 0.25) is 0 Å². The van der Waals surface area contributed by atoms with Crippen molar-refractivity contribution in [3.05, 3.63) is 61.0 Å². The Balaban J connectivity index is 1.54. The van der Waals surface area contributed by atoms with E-state index in [1.165, 1.54) is 12.4 Å². The van der Waals surface area contributed by atoms with Crippen molar-refractivity contribution in [1.29, 1.82) is 0 Å². The smallest absolute Gasteiger partial charge is 0.338 e. The summed E-state index contributed by atoms with van der Waals surface area (Å²) in [7, 11) is 0. The molecule has 0 aliphatic carbocycles. The van der Waals surface area contributed by atoms with Crippen LogP contribution in [0.25, 0.3) is 0 Å². The number of esters is 2. The molecule has 0 atom stereocenters. The summed E-state index contributed by atoms with van der Waals surface area (Å²) in [6.07, 6.45) is 3.07. The Morgan fingerprint density at radius 2 is 1.13 bits per heavy atom. The van der Waals surface area contributed by atoms with Gasteiger partial charge in [0, 0.05) is 37.3 Å². The van der Waals surface area contributed by atoms with E-state index < -0.39 is 11.9 Å². The van der Waals surface area contributed by atoms with Gasteiger partial charge in [-0.2, -0.15) is 0 Å². The van der Waals surface area contributed by atoms with Crippen molar-refractivity contribution in [2.24, 2.45) is 0 Å². The van der Waals surface area contributed by atoms with Crippen molar-refractivity contribution in [3.8, 4) is 11.5 Å². The van der Waals surface area contributed by atoms with Crippen molar-refractivity contribution in [2.45, 2.75) is 13.8 Å². The molecule has 0 unspecified atom stereocenters. The fraction of sp³-hybridized carbons (Fsp3) is 0.273. The summed E-state index contributed by atoms with van der Waals surface area (Å²) >= 11 is 0. The number of carbonyl (C=O) groups excluding carboxylic acids is 2. The molecule has 0 radical (unpaired) electrons. The minimum Gasteiger partial charge on any atom is -0.422 e. The molecule has 0 saturated carbocycles. The van der Waals surface area contributed by atoms with Crippen molar-refractivity contribution >= 4 is 23.6 Å². The van der Waals surface area contributed by atoms with Crippen LogP contribution in [0, 0.1) is 0 Å². The predicted octanol–water partition coefficient (Wildman–Crippen LogP) is 2.77. The minimum atomic E-state index is -0.467. The molecule has 1 aliphatic rings. The second kappa shape index (κ2) is 9.21. The first-order valence-electron chi connectivity index (χ1n) is 9.51. The molecule has 8 heteroatoms. The third-order valence-corrected chi connectivity index (χ3v) is 4.49. The quantitative estimate of drug-likeness (QED) is 0.533. The van der Waals surface area contributed by atoms with Crippen molar-refractivity contribution in [2.75, 3.05) is 36.0 Å².